The maximum absolute atomic E-state index is 6.40. The average molecular weight is 421 g/mol. The van der Waals surface area contributed by atoms with Crippen LogP contribution in [0.15, 0.2) is 36.4 Å². The summed E-state index contributed by atoms with van der Waals surface area (Å²) in [7, 11) is 0. The van der Waals surface area contributed by atoms with Crippen LogP contribution in [-0.2, 0) is 6.54 Å². The minimum Gasteiger partial charge on any atom is -0.490 e. The van der Waals surface area contributed by atoms with Gasteiger partial charge in [-0.25, -0.2) is 0 Å². The Labute approximate surface area is 188 Å². The van der Waals surface area contributed by atoms with E-state index in [0.717, 1.165) is 18.2 Å². The summed E-state index contributed by atoms with van der Waals surface area (Å²) in [6.45, 7) is 13.2. The zero-order valence-electron chi connectivity index (χ0n) is 19.8. The van der Waals surface area contributed by atoms with Crippen LogP contribution >= 0.6 is 0 Å². The average Bonchev–Trinajstić information content (AvgIpc) is 2.73. The third kappa shape index (κ3) is 4.78. The molecule has 3 nitrogen and oxygen atoms in total. The zero-order chi connectivity index (χ0) is 21.5. The Bertz CT molecular complexity index is 893. The molecule has 0 amide bonds. The third-order valence-corrected chi connectivity index (χ3v) is 8.40. The predicted octanol–water partition coefficient (Wildman–Crippen LogP) is 6.01. The number of hydrogen-bond donors (Lipinski definition) is 1. The van der Waals surface area contributed by atoms with E-state index in [9.17, 15) is 0 Å². The summed E-state index contributed by atoms with van der Waals surface area (Å²) in [5, 5.41) is 6.09. The standard InChI is InChI=1S/C28H40N2O/c1-27(2,3)24-7-10-25(11-8-24)31-26-9-6-22-16-21(4-5-23(22)17-26)18-30-14-12-28(13-15-30)19-29-20-28/h4-6,9,16-17,24-25,29H,7-8,10-15,18-20H2,1-3H3. The molecule has 2 aliphatic heterocycles. The van der Waals surface area contributed by atoms with Crippen LogP contribution in [0.25, 0.3) is 10.8 Å². The highest BCUT2D eigenvalue weighted by atomic mass is 16.5. The highest BCUT2D eigenvalue weighted by Crippen LogP contribution is 2.39. The van der Waals surface area contributed by atoms with E-state index in [1.807, 2.05) is 0 Å². The number of ether oxygens (including phenoxy) is 1. The SMILES string of the molecule is CC(C)(C)C1CCC(Oc2ccc3cc(CN4CCC5(CC4)CNC5)ccc3c2)CC1. The fraction of sp³-hybridized carbons (Fsp3) is 0.643. The van der Waals surface area contributed by atoms with Crippen LogP contribution < -0.4 is 10.1 Å². The number of piperidine rings is 1. The first-order valence-electron chi connectivity index (χ1n) is 12.5. The largest absolute Gasteiger partial charge is 0.490 e. The van der Waals surface area contributed by atoms with E-state index in [2.05, 4.69) is 67.4 Å². The molecule has 2 saturated heterocycles. The number of hydrogen-bond acceptors (Lipinski definition) is 3. The molecule has 3 heteroatoms. The van der Waals surface area contributed by atoms with Gasteiger partial charge in [-0.05, 0) is 103 Å². The number of likely N-dealkylation sites (tertiary alicyclic amines) is 1. The quantitative estimate of drug-likeness (QED) is 0.656. The maximum Gasteiger partial charge on any atom is 0.120 e. The summed E-state index contributed by atoms with van der Waals surface area (Å²) < 4.78 is 6.40. The van der Waals surface area contributed by atoms with Gasteiger partial charge in [-0.1, -0.05) is 39.0 Å². The molecule has 0 atom stereocenters. The number of fused-ring (bicyclic) bond motifs is 1. The lowest BCUT2D eigenvalue weighted by molar-refractivity contribution is 0.0520. The van der Waals surface area contributed by atoms with E-state index in [4.69, 9.17) is 4.74 Å². The van der Waals surface area contributed by atoms with Crippen molar-refractivity contribution in [2.45, 2.75) is 71.9 Å². The topological polar surface area (TPSA) is 24.5 Å². The molecule has 0 bridgehead atoms. The molecule has 3 aliphatic rings. The Morgan fingerprint density at radius 3 is 2.26 bits per heavy atom. The van der Waals surface area contributed by atoms with Crippen molar-refractivity contribution >= 4 is 10.8 Å². The molecule has 0 aromatic heterocycles. The van der Waals surface area contributed by atoms with Crippen molar-refractivity contribution in [2.24, 2.45) is 16.7 Å². The van der Waals surface area contributed by atoms with Crippen LogP contribution in [0.1, 0.15) is 64.9 Å². The van der Waals surface area contributed by atoms with Crippen molar-refractivity contribution in [1.82, 2.24) is 10.2 Å². The molecule has 2 heterocycles. The van der Waals surface area contributed by atoms with E-state index < -0.39 is 0 Å². The predicted molar refractivity (Wildman–Crippen MR) is 130 cm³/mol. The Balaban J connectivity index is 1.17. The third-order valence-electron chi connectivity index (χ3n) is 8.40. The van der Waals surface area contributed by atoms with Crippen molar-refractivity contribution < 1.29 is 4.74 Å². The van der Waals surface area contributed by atoms with Crippen LogP contribution in [-0.4, -0.2) is 37.2 Å². The molecule has 3 fully saturated rings. The van der Waals surface area contributed by atoms with E-state index in [1.165, 1.54) is 81.0 Å². The molecule has 1 spiro atoms. The molecule has 0 unspecified atom stereocenters. The second-order valence-corrected chi connectivity index (χ2v) is 11.7. The lowest BCUT2D eigenvalue weighted by atomic mass is 9.72. The second kappa shape index (κ2) is 8.41. The molecular weight excluding hydrogens is 380 g/mol. The van der Waals surface area contributed by atoms with E-state index in [0.29, 0.717) is 16.9 Å². The summed E-state index contributed by atoms with van der Waals surface area (Å²) in [6.07, 6.45) is 8.04. The normalized spacial score (nSPS) is 26.7. The molecule has 168 valence electrons. The highest BCUT2D eigenvalue weighted by molar-refractivity contribution is 5.84. The van der Waals surface area contributed by atoms with Gasteiger partial charge in [0.2, 0.25) is 0 Å². The van der Waals surface area contributed by atoms with Crippen LogP contribution in [0.4, 0.5) is 0 Å². The Hall–Kier alpha value is -1.58. The van der Waals surface area contributed by atoms with Crippen molar-refractivity contribution in [3.8, 4) is 5.75 Å². The lowest BCUT2D eigenvalue weighted by Crippen LogP contribution is -2.58. The van der Waals surface area contributed by atoms with Gasteiger partial charge >= 0.3 is 0 Å². The van der Waals surface area contributed by atoms with Crippen molar-refractivity contribution in [3.05, 3.63) is 42.0 Å². The van der Waals surface area contributed by atoms with Gasteiger partial charge < -0.3 is 10.1 Å². The van der Waals surface area contributed by atoms with Gasteiger partial charge in [0.1, 0.15) is 5.75 Å². The van der Waals surface area contributed by atoms with E-state index in [1.54, 1.807) is 0 Å². The summed E-state index contributed by atoms with van der Waals surface area (Å²) in [4.78, 5) is 2.64. The fourth-order valence-corrected chi connectivity index (χ4v) is 5.96. The molecule has 5 rings (SSSR count). The molecule has 1 N–H and O–H groups in total. The van der Waals surface area contributed by atoms with Crippen molar-refractivity contribution in [1.29, 1.82) is 0 Å². The van der Waals surface area contributed by atoms with Crippen LogP contribution in [0, 0.1) is 16.7 Å². The van der Waals surface area contributed by atoms with Crippen molar-refractivity contribution in [3.63, 3.8) is 0 Å². The minimum absolute atomic E-state index is 0.378. The minimum atomic E-state index is 0.378. The Morgan fingerprint density at radius 1 is 0.935 bits per heavy atom. The highest BCUT2D eigenvalue weighted by Gasteiger charge is 2.39. The van der Waals surface area contributed by atoms with Crippen LogP contribution in [0.3, 0.4) is 0 Å². The fourth-order valence-electron chi connectivity index (χ4n) is 5.96. The van der Waals surface area contributed by atoms with Crippen LogP contribution in [0.5, 0.6) is 5.75 Å². The molecule has 2 aromatic rings. The Morgan fingerprint density at radius 2 is 1.61 bits per heavy atom. The van der Waals surface area contributed by atoms with Gasteiger partial charge in [0.15, 0.2) is 0 Å². The van der Waals surface area contributed by atoms with Gasteiger partial charge in [-0.15, -0.1) is 0 Å². The second-order valence-electron chi connectivity index (χ2n) is 11.7. The number of nitrogens with one attached hydrogen (secondary N) is 1. The molecule has 1 aliphatic carbocycles. The summed E-state index contributed by atoms with van der Waals surface area (Å²) in [5.41, 5.74) is 2.49. The van der Waals surface area contributed by atoms with Gasteiger partial charge in [-0.2, -0.15) is 0 Å². The first kappa shape index (κ1) is 21.3. The molecular formula is C28H40N2O. The van der Waals surface area contributed by atoms with E-state index >= 15 is 0 Å². The van der Waals surface area contributed by atoms with Crippen molar-refractivity contribution in [2.75, 3.05) is 26.2 Å². The van der Waals surface area contributed by atoms with Gasteiger partial charge in [0.05, 0.1) is 6.10 Å². The zero-order valence-corrected chi connectivity index (χ0v) is 19.8. The number of benzene rings is 2. The van der Waals surface area contributed by atoms with Gasteiger partial charge in [0.25, 0.3) is 0 Å². The summed E-state index contributed by atoms with van der Waals surface area (Å²) >= 11 is 0. The van der Waals surface area contributed by atoms with Crippen LogP contribution in [0.2, 0.25) is 0 Å². The molecule has 2 aromatic carbocycles. The Kier molecular flexibility index (Phi) is 5.77. The first-order valence-corrected chi connectivity index (χ1v) is 12.5. The summed E-state index contributed by atoms with van der Waals surface area (Å²) in [5.74, 6) is 1.87. The maximum atomic E-state index is 6.40. The van der Waals surface area contributed by atoms with Gasteiger partial charge in [0, 0.05) is 19.6 Å². The molecule has 1 saturated carbocycles. The smallest absolute Gasteiger partial charge is 0.120 e. The number of rotatable bonds is 4. The lowest BCUT2D eigenvalue weighted by Gasteiger charge is -2.48. The molecule has 0 radical (unpaired) electrons. The van der Waals surface area contributed by atoms with E-state index in [-0.39, 0.29) is 0 Å². The summed E-state index contributed by atoms with van der Waals surface area (Å²) in [6, 6.07) is 13.6. The first-order chi connectivity index (χ1) is 14.9. The number of nitrogens with zero attached hydrogens (tertiary/aromatic N) is 1. The van der Waals surface area contributed by atoms with Gasteiger partial charge in [-0.3, -0.25) is 4.90 Å². The monoisotopic (exact) mass is 420 g/mol. The molecule has 31 heavy (non-hydrogen) atoms.